The Morgan fingerprint density at radius 2 is 1.79 bits per heavy atom. The summed E-state index contributed by atoms with van der Waals surface area (Å²) in [6.45, 7) is 5.95. The number of thiocarbonyl (C=S) groups is 1. The third-order valence-corrected chi connectivity index (χ3v) is 3.79. The molecule has 2 rings (SSSR count). The Kier molecular flexibility index (Phi) is 6.17. The average Bonchev–Trinajstić information content (AvgIpc) is 2.52. The summed E-state index contributed by atoms with van der Waals surface area (Å²) in [6.07, 6.45) is 0. The van der Waals surface area contributed by atoms with Crippen LogP contribution >= 0.6 is 23.8 Å². The van der Waals surface area contributed by atoms with Gasteiger partial charge in [-0.25, -0.2) is 4.79 Å². The first-order valence-electron chi connectivity index (χ1n) is 7.52. The van der Waals surface area contributed by atoms with Gasteiger partial charge in [0.05, 0.1) is 17.9 Å². The number of nitrogens with one attached hydrogen (secondary N) is 2. The minimum Gasteiger partial charge on any atom is -0.462 e. The molecule has 0 aliphatic carbocycles. The molecular weight excluding hydrogens is 344 g/mol. The number of halogens is 1. The monoisotopic (exact) mass is 362 g/mol. The van der Waals surface area contributed by atoms with E-state index in [-0.39, 0.29) is 5.97 Å². The fourth-order valence-electron chi connectivity index (χ4n) is 2.19. The Labute approximate surface area is 152 Å². The molecule has 0 radical (unpaired) electrons. The summed E-state index contributed by atoms with van der Waals surface area (Å²) < 4.78 is 5.10. The smallest absolute Gasteiger partial charge is 0.340 e. The van der Waals surface area contributed by atoms with Crippen LogP contribution in [0.15, 0.2) is 36.4 Å². The molecule has 2 aromatic rings. The maximum absolute atomic E-state index is 12.1. The summed E-state index contributed by atoms with van der Waals surface area (Å²) in [7, 11) is 0. The molecule has 4 nitrogen and oxygen atoms in total. The zero-order chi connectivity index (χ0) is 17.7. The number of benzene rings is 2. The maximum Gasteiger partial charge on any atom is 0.340 e. The van der Waals surface area contributed by atoms with E-state index < -0.39 is 0 Å². The number of hydrogen-bond donors (Lipinski definition) is 2. The molecule has 0 unspecified atom stereocenters. The van der Waals surface area contributed by atoms with Crippen LogP contribution in [0.1, 0.15) is 28.4 Å². The van der Waals surface area contributed by atoms with Gasteiger partial charge in [-0.05, 0) is 68.9 Å². The van der Waals surface area contributed by atoms with Crippen LogP contribution in [0.3, 0.4) is 0 Å². The molecule has 2 aromatic carbocycles. The number of carbonyl (C=O) groups excluding carboxylic acids is 1. The zero-order valence-electron chi connectivity index (χ0n) is 13.8. The summed E-state index contributed by atoms with van der Waals surface area (Å²) in [5.74, 6) is -0.380. The van der Waals surface area contributed by atoms with Crippen LogP contribution in [0, 0.1) is 13.8 Å². The van der Waals surface area contributed by atoms with E-state index in [1.807, 2.05) is 38.1 Å². The van der Waals surface area contributed by atoms with Gasteiger partial charge in [-0.3, -0.25) is 0 Å². The molecule has 0 amide bonds. The molecule has 2 N–H and O–H groups in total. The van der Waals surface area contributed by atoms with Crippen molar-refractivity contribution in [3.05, 3.63) is 58.1 Å². The summed E-state index contributed by atoms with van der Waals surface area (Å²) in [5, 5.41) is 7.21. The third-order valence-electron chi connectivity index (χ3n) is 3.36. The molecule has 24 heavy (non-hydrogen) atoms. The number of aryl methyl sites for hydroxylation is 2. The fourth-order valence-corrected chi connectivity index (χ4v) is 2.63. The van der Waals surface area contributed by atoms with Gasteiger partial charge in [0, 0.05) is 10.7 Å². The normalized spacial score (nSPS) is 10.2. The van der Waals surface area contributed by atoms with Crippen LogP contribution in [-0.4, -0.2) is 17.7 Å². The molecular formula is C18H19ClN2O2S. The van der Waals surface area contributed by atoms with Gasteiger partial charge in [-0.15, -0.1) is 0 Å². The second kappa shape index (κ2) is 8.13. The van der Waals surface area contributed by atoms with Crippen molar-refractivity contribution in [2.45, 2.75) is 20.8 Å². The number of carbonyl (C=O) groups is 1. The van der Waals surface area contributed by atoms with Crippen molar-refractivity contribution in [1.29, 1.82) is 0 Å². The molecule has 0 heterocycles. The number of anilines is 2. The molecule has 6 heteroatoms. The third kappa shape index (κ3) is 4.69. The van der Waals surface area contributed by atoms with E-state index in [4.69, 9.17) is 28.6 Å². The summed E-state index contributed by atoms with van der Waals surface area (Å²) in [4.78, 5) is 12.1. The Balaban J connectivity index is 2.18. The summed E-state index contributed by atoms with van der Waals surface area (Å²) in [5.41, 5.74) is 3.84. The first kappa shape index (κ1) is 18.2. The predicted molar refractivity (Wildman–Crippen MR) is 103 cm³/mol. The zero-order valence-corrected chi connectivity index (χ0v) is 15.3. The lowest BCUT2D eigenvalue weighted by Crippen LogP contribution is -2.21. The Morgan fingerprint density at radius 1 is 1.12 bits per heavy atom. The van der Waals surface area contributed by atoms with Gasteiger partial charge in [-0.2, -0.15) is 0 Å². The van der Waals surface area contributed by atoms with Crippen molar-refractivity contribution in [1.82, 2.24) is 0 Å². The Morgan fingerprint density at radius 3 is 2.46 bits per heavy atom. The van der Waals surface area contributed by atoms with E-state index in [1.54, 1.807) is 19.1 Å². The summed E-state index contributed by atoms with van der Waals surface area (Å²) in [6, 6.07) is 11.0. The lowest BCUT2D eigenvalue weighted by Gasteiger charge is -2.15. The summed E-state index contributed by atoms with van der Waals surface area (Å²) >= 11 is 11.3. The quantitative estimate of drug-likeness (QED) is 0.595. The van der Waals surface area contributed by atoms with Gasteiger partial charge in [-0.1, -0.05) is 23.2 Å². The van der Waals surface area contributed by atoms with Crippen molar-refractivity contribution >= 4 is 46.3 Å². The molecule has 0 saturated heterocycles. The van der Waals surface area contributed by atoms with E-state index in [9.17, 15) is 4.79 Å². The van der Waals surface area contributed by atoms with Gasteiger partial charge in [0.2, 0.25) is 0 Å². The second-order valence-corrected chi connectivity index (χ2v) is 6.15. The van der Waals surface area contributed by atoms with E-state index in [1.165, 1.54) is 0 Å². The topological polar surface area (TPSA) is 50.4 Å². The molecule has 0 bridgehead atoms. The molecule has 0 aromatic heterocycles. The lowest BCUT2D eigenvalue weighted by atomic mass is 10.1. The van der Waals surface area contributed by atoms with Gasteiger partial charge in [0.15, 0.2) is 5.11 Å². The van der Waals surface area contributed by atoms with Gasteiger partial charge < -0.3 is 15.4 Å². The number of ether oxygens (including phenoxy) is 1. The highest BCUT2D eigenvalue weighted by Gasteiger charge is 2.14. The van der Waals surface area contributed by atoms with E-state index in [0.29, 0.717) is 28.0 Å². The highest BCUT2D eigenvalue weighted by molar-refractivity contribution is 7.80. The van der Waals surface area contributed by atoms with Gasteiger partial charge in [0.25, 0.3) is 0 Å². The van der Waals surface area contributed by atoms with E-state index >= 15 is 0 Å². The Hall–Kier alpha value is -2.11. The van der Waals surface area contributed by atoms with Crippen LogP contribution in [-0.2, 0) is 4.74 Å². The van der Waals surface area contributed by atoms with Crippen LogP contribution < -0.4 is 10.6 Å². The van der Waals surface area contributed by atoms with E-state index in [2.05, 4.69) is 10.6 Å². The SMILES string of the molecule is CCOC(=O)c1cc(C)ccc1NC(=S)Nc1ccc(Cl)cc1C. The molecule has 0 spiro atoms. The van der Waals surface area contributed by atoms with Crippen molar-refractivity contribution < 1.29 is 9.53 Å². The number of esters is 1. The lowest BCUT2D eigenvalue weighted by molar-refractivity contribution is 0.0527. The van der Waals surface area contributed by atoms with Crippen LogP contribution in [0.2, 0.25) is 5.02 Å². The fraction of sp³-hybridized carbons (Fsp3) is 0.222. The van der Waals surface area contributed by atoms with Crippen LogP contribution in [0.5, 0.6) is 0 Å². The van der Waals surface area contributed by atoms with E-state index in [0.717, 1.165) is 16.8 Å². The molecule has 0 aliphatic rings. The highest BCUT2D eigenvalue weighted by Crippen LogP contribution is 2.22. The van der Waals surface area contributed by atoms with Crippen molar-refractivity contribution in [3.8, 4) is 0 Å². The first-order valence-corrected chi connectivity index (χ1v) is 8.31. The highest BCUT2D eigenvalue weighted by atomic mass is 35.5. The maximum atomic E-state index is 12.1. The minimum absolute atomic E-state index is 0.318. The molecule has 126 valence electrons. The number of rotatable bonds is 4. The van der Waals surface area contributed by atoms with Crippen molar-refractivity contribution in [3.63, 3.8) is 0 Å². The first-order chi connectivity index (χ1) is 11.4. The largest absolute Gasteiger partial charge is 0.462 e. The molecule has 0 fully saturated rings. The second-order valence-electron chi connectivity index (χ2n) is 5.31. The standard InChI is InChI=1S/C18H19ClN2O2S/c1-4-23-17(22)14-9-11(2)5-7-16(14)21-18(24)20-15-8-6-13(19)10-12(15)3/h5-10H,4H2,1-3H3,(H2,20,21,24). The van der Waals surface area contributed by atoms with Crippen LogP contribution in [0.4, 0.5) is 11.4 Å². The molecule has 0 atom stereocenters. The number of hydrogen-bond acceptors (Lipinski definition) is 3. The molecule has 0 saturated carbocycles. The van der Waals surface area contributed by atoms with Gasteiger partial charge in [0.1, 0.15) is 0 Å². The predicted octanol–water partition coefficient (Wildman–Crippen LogP) is 4.94. The van der Waals surface area contributed by atoms with Crippen LogP contribution in [0.25, 0.3) is 0 Å². The van der Waals surface area contributed by atoms with Gasteiger partial charge >= 0.3 is 5.97 Å². The average molecular weight is 363 g/mol. The van der Waals surface area contributed by atoms with Crippen molar-refractivity contribution in [2.24, 2.45) is 0 Å². The van der Waals surface area contributed by atoms with Crippen molar-refractivity contribution in [2.75, 3.05) is 17.2 Å². The minimum atomic E-state index is -0.380. The molecule has 0 aliphatic heterocycles. The Bertz CT molecular complexity index is 778.